The molecular formula is C20H32N4O3. The van der Waals surface area contributed by atoms with E-state index in [2.05, 4.69) is 40.9 Å². The average Bonchev–Trinajstić information content (AvgIpc) is 2.54. The minimum atomic E-state index is -0.502. The van der Waals surface area contributed by atoms with E-state index < -0.39 is 11.7 Å². The quantitative estimate of drug-likeness (QED) is 0.427. The van der Waals surface area contributed by atoms with Gasteiger partial charge in [-0.2, -0.15) is 0 Å². The summed E-state index contributed by atoms with van der Waals surface area (Å²) in [5, 5.41) is 9.40. The van der Waals surface area contributed by atoms with Gasteiger partial charge in [0.15, 0.2) is 5.96 Å². The van der Waals surface area contributed by atoms with Crippen LogP contribution in [0.2, 0.25) is 0 Å². The monoisotopic (exact) mass is 376 g/mol. The Hall–Kier alpha value is -2.44. The molecule has 27 heavy (non-hydrogen) atoms. The number of benzene rings is 1. The van der Waals surface area contributed by atoms with Gasteiger partial charge < -0.3 is 25.4 Å². The molecule has 3 N–H and O–H groups in total. The lowest BCUT2D eigenvalue weighted by atomic mass is 9.90. The highest BCUT2D eigenvalue weighted by Gasteiger charge is 2.33. The van der Waals surface area contributed by atoms with Crippen LogP contribution < -0.4 is 20.7 Å². The zero-order valence-corrected chi connectivity index (χ0v) is 17.2. The topological polar surface area (TPSA) is 84.0 Å². The second kappa shape index (κ2) is 8.50. The van der Waals surface area contributed by atoms with Crippen molar-refractivity contribution in [2.45, 2.75) is 58.3 Å². The van der Waals surface area contributed by atoms with Crippen LogP contribution in [0.5, 0.6) is 5.75 Å². The molecule has 1 aromatic rings. The molecule has 0 aliphatic carbocycles. The SMILES string of the molecule is CN=C(NCCNC(=O)OC(C)(C)C)NC1CC(C)(C)Oc2ccccc21. The maximum atomic E-state index is 11.7. The van der Waals surface area contributed by atoms with E-state index in [0.717, 1.165) is 17.7 Å². The van der Waals surface area contributed by atoms with Gasteiger partial charge in [-0.15, -0.1) is 0 Å². The van der Waals surface area contributed by atoms with Gasteiger partial charge in [0.1, 0.15) is 17.0 Å². The number of rotatable bonds is 4. The van der Waals surface area contributed by atoms with Crippen LogP contribution in [0.4, 0.5) is 4.79 Å². The van der Waals surface area contributed by atoms with Crippen LogP contribution in [0.3, 0.4) is 0 Å². The summed E-state index contributed by atoms with van der Waals surface area (Å²) in [6, 6.07) is 8.14. The number of amides is 1. The third kappa shape index (κ3) is 6.66. The summed E-state index contributed by atoms with van der Waals surface area (Å²) < 4.78 is 11.3. The molecule has 1 aliphatic heterocycles. The van der Waals surface area contributed by atoms with Gasteiger partial charge in [-0.3, -0.25) is 4.99 Å². The normalized spacial score (nSPS) is 18.7. The van der Waals surface area contributed by atoms with Crippen molar-refractivity contribution in [1.29, 1.82) is 0 Å². The summed E-state index contributed by atoms with van der Waals surface area (Å²) in [6.07, 6.45) is 0.397. The van der Waals surface area contributed by atoms with Gasteiger partial charge in [0.2, 0.25) is 0 Å². The lowest BCUT2D eigenvalue weighted by molar-refractivity contribution is 0.0528. The minimum absolute atomic E-state index is 0.0926. The van der Waals surface area contributed by atoms with E-state index >= 15 is 0 Å². The van der Waals surface area contributed by atoms with E-state index in [-0.39, 0.29) is 11.6 Å². The Morgan fingerprint density at radius 2 is 1.93 bits per heavy atom. The number of hydrogen-bond donors (Lipinski definition) is 3. The smallest absolute Gasteiger partial charge is 0.407 e. The standard InChI is InChI=1S/C20H32N4O3/c1-19(2,3)27-18(25)23-12-11-22-17(21-6)24-15-13-20(4,5)26-16-10-8-7-9-14(15)16/h7-10,15H,11-13H2,1-6H3,(H,23,25)(H2,21,22,24). The lowest BCUT2D eigenvalue weighted by Gasteiger charge is -2.38. The highest BCUT2D eigenvalue weighted by Crippen LogP contribution is 2.39. The fraction of sp³-hybridized carbons (Fsp3) is 0.600. The molecule has 0 radical (unpaired) electrons. The fourth-order valence-electron chi connectivity index (χ4n) is 2.95. The van der Waals surface area contributed by atoms with Crippen LogP contribution in [0.1, 0.15) is 52.6 Å². The van der Waals surface area contributed by atoms with Crippen molar-refractivity contribution in [3.05, 3.63) is 29.8 Å². The molecular weight excluding hydrogens is 344 g/mol. The van der Waals surface area contributed by atoms with Gasteiger partial charge in [-0.05, 0) is 40.7 Å². The van der Waals surface area contributed by atoms with Gasteiger partial charge in [-0.25, -0.2) is 4.79 Å². The number of guanidine groups is 1. The first-order chi connectivity index (χ1) is 12.6. The Morgan fingerprint density at radius 1 is 1.26 bits per heavy atom. The Kier molecular flexibility index (Phi) is 6.57. The van der Waals surface area contributed by atoms with Crippen LogP contribution in [0, 0.1) is 0 Å². The van der Waals surface area contributed by atoms with Gasteiger partial charge in [-0.1, -0.05) is 18.2 Å². The van der Waals surface area contributed by atoms with E-state index in [1.807, 2.05) is 39.0 Å². The predicted molar refractivity (Wildman–Crippen MR) is 107 cm³/mol. The maximum absolute atomic E-state index is 11.7. The highest BCUT2D eigenvalue weighted by molar-refractivity contribution is 5.80. The first-order valence-electron chi connectivity index (χ1n) is 9.32. The maximum Gasteiger partial charge on any atom is 0.407 e. The summed E-state index contributed by atoms with van der Waals surface area (Å²) in [4.78, 5) is 16.0. The number of alkyl carbamates (subject to hydrolysis) is 1. The summed E-state index contributed by atoms with van der Waals surface area (Å²) in [5.74, 6) is 1.58. The van der Waals surface area contributed by atoms with Crippen LogP contribution in [0.25, 0.3) is 0 Å². The molecule has 0 fully saturated rings. The molecule has 2 rings (SSSR count). The zero-order chi connectivity index (χ0) is 20.1. The lowest BCUT2D eigenvalue weighted by Crippen LogP contribution is -2.47. The van der Waals surface area contributed by atoms with E-state index in [1.165, 1.54) is 0 Å². The number of para-hydroxylation sites is 1. The highest BCUT2D eigenvalue weighted by atomic mass is 16.6. The van der Waals surface area contributed by atoms with Gasteiger partial charge in [0.25, 0.3) is 0 Å². The van der Waals surface area contributed by atoms with Crippen LogP contribution in [-0.2, 0) is 4.74 Å². The average molecular weight is 377 g/mol. The van der Waals surface area contributed by atoms with Gasteiger partial charge in [0, 0.05) is 32.1 Å². The van der Waals surface area contributed by atoms with Crippen molar-refractivity contribution < 1.29 is 14.3 Å². The van der Waals surface area contributed by atoms with Crippen LogP contribution in [0.15, 0.2) is 29.3 Å². The van der Waals surface area contributed by atoms with E-state index in [4.69, 9.17) is 9.47 Å². The molecule has 0 aromatic heterocycles. The van der Waals surface area contributed by atoms with Gasteiger partial charge >= 0.3 is 6.09 Å². The van der Waals surface area contributed by atoms with Crippen molar-refractivity contribution in [2.24, 2.45) is 4.99 Å². The van der Waals surface area contributed by atoms with Crippen molar-refractivity contribution in [2.75, 3.05) is 20.1 Å². The molecule has 7 heteroatoms. The summed E-state index contributed by atoms with van der Waals surface area (Å²) in [5.41, 5.74) is 0.355. The molecule has 1 amide bonds. The largest absolute Gasteiger partial charge is 0.487 e. The first kappa shape index (κ1) is 20.9. The molecule has 150 valence electrons. The molecule has 1 atom stereocenters. The third-order valence-corrected chi connectivity index (χ3v) is 4.00. The molecule has 0 saturated heterocycles. The van der Waals surface area contributed by atoms with Crippen molar-refractivity contribution >= 4 is 12.1 Å². The summed E-state index contributed by atoms with van der Waals surface area (Å²) >= 11 is 0. The number of ether oxygens (including phenoxy) is 2. The number of nitrogens with zero attached hydrogens (tertiary/aromatic N) is 1. The van der Waals surface area contributed by atoms with Crippen molar-refractivity contribution in [3.63, 3.8) is 0 Å². The number of fused-ring (bicyclic) bond motifs is 1. The van der Waals surface area contributed by atoms with E-state index in [1.54, 1.807) is 7.05 Å². The number of nitrogens with one attached hydrogen (secondary N) is 3. The van der Waals surface area contributed by atoms with E-state index in [9.17, 15) is 4.79 Å². The summed E-state index contributed by atoms with van der Waals surface area (Å²) in [7, 11) is 1.73. The fourth-order valence-corrected chi connectivity index (χ4v) is 2.95. The van der Waals surface area contributed by atoms with Crippen molar-refractivity contribution in [1.82, 2.24) is 16.0 Å². The zero-order valence-electron chi connectivity index (χ0n) is 17.2. The minimum Gasteiger partial charge on any atom is -0.487 e. The Bertz CT molecular complexity index is 680. The molecule has 1 unspecified atom stereocenters. The summed E-state index contributed by atoms with van der Waals surface area (Å²) in [6.45, 7) is 10.6. The molecule has 0 spiro atoms. The molecule has 0 saturated carbocycles. The Morgan fingerprint density at radius 3 is 2.59 bits per heavy atom. The predicted octanol–water partition coefficient (Wildman–Crippen LogP) is 2.98. The van der Waals surface area contributed by atoms with Gasteiger partial charge in [0.05, 0.1) is 6.04 Å². The Balaban J connectivity index is 1.87. The number of aliphatic imine (C=N–C) groups is 1. The Labute approximate surface area is 161 Å². The molecule has 0 bridgehead atoms. The van der Waals surface area contributed by atoms with Crippen LogP contribution >= 0.6 is 0 Å². The number of hydrogen-bond acceptors (Lipinski definition) is 4. The van der Waals surface area contributed by atoms with Crippen LogP contribution in [-0.4, -0.2) is 43.4 Å². The second-order valence-corrected chi connectivity index (χ2v) is 8.23. The molecule has 1 heterocycles. The molecule has 1 aliphatic rings. The molecule has 1 aromatic carbocycles. The molecule has 7 nitrogen and oxygen atoms in total. The van der Waals surface area contributed by atoms with E-state index in [0.29, 0.717) is 19.0 Å². The van der Waals surface area contributed by atoms with Crippen molar-refractivity contribution in [3.8, 4) is 5.75 Å². The first-order valence-corrected chi connectivity index (χ1v) is 9.32. The number of carbonyl (C=O) groups is 1. The third-order valence-electron chi connectivity index (χ3n) is 4.00. The second-order valence-electron chi connectivity index (χ2n) is 8.23. The number of carbonyl (C=O) groups excluding carboxylic acids is 1.